The van der Waals surface area contributed by atoms with Crippen molar-refractivity contribution < 1.29 is 4.92 Å². The predicted octanol–water partition coefficient (Wildman–Crippen LogP) is 3.30. The van der Waals surface area contributed by atoms with E-state index >= 15 is 0 Å². The Hall–Kier alpha value is -2.41. The van der Waals surface area contributed by atoms with Gasteiger partial charge in [-0.15, -0.1) is 11.3 Å². The van der Waals surface area contributed by atoms with Crippen LogP contribution < -0.4 is 10.6 Å². The molecular weight excluding hydrogens is 324 g/mol. The van der Waals surface area contributed by atoms with Crippen LogP contribution in [-0.2, 0) is 12.0 Å². The van der Waals surface area contributed by atoms with Crippen molar-refractivity contribution in [3.8, 4) is 0 Å². The van der Waals surface area contributed by atoms with E-state index in [0.717, 1.165) is 0 Å². The Balaban J connectivity index is 1.95. The second-order valence-corrected chi connectivity index (χ2v) is 6.97. The lowest BCUT2D eigenvalue weighted by atomic mass is 9.91. The molecule has 1 aromatic heterocycles. The smallest absolute Gasteiger partial charge is 0.274 e. The third-order valence-corrected chi connectivity index (χ3v) is 4.98. The van der Waals surface area contributed by atoms with Gasteiger partial charge in [-0.25, -0.2) is 0 Å². The molecular formula is C17H22N4O2S. The van der Waals surface area contributed by atoms with Crippen LogP contribution in [0.1, 0.15) is 24.3 Å². The maximum Gasteiger partial charge on any atom is 0.274 e. The summed E-state index contributed by atoms with van der Waals surface area (Å²) in [5, 5.41) is 19.6. The quantitative estimate of drug-likeness (QED) is 0.364. The second kappa shape index (κ2) is 7.92. The fourth-order valence-corrected chi connectivity index (χ4v) is 3.15. The molecule has 0 saturated carbocycles. The van der Waals surface area contributed by atoms with E-state index in [2.05, 4.69) is 40.9 Å². The molecule has 0 aliphatic carbocycles. The molecule has 7 heteroatoms. The molecule has 0 aliphatic heterocycles. The monoisotopic (exact) mass is 346 g/mol. The molecule has 2 aromatic rings. The Bertz CT molecular complexity index is 711. The number of hydrogen-bond acceptors (Lipinski definition) is 4. The Morgan fingerprint density at radius 3 is 2.62 bits per heavy atom. The number of nitrogens with one attached hydrogen (secondary N) is 2. The van der Waals surface area contributed by atoms with Gasteiger partial charge in [-0.2, -0.15) is 0 Å². The van der Waals surface area contributed by atoms with E-state index in [1.807, 2.05) is 6.07 Å². The molecule has 2 N–H and O–H groups in total. The standard InChI is InChI=1S/C17H22N4O2S/c1-17(2,15-9-6-10-24-15)12-20-16(18-3)19-11-13-7-4-5-8-14(13)21(22)23/h4-10H,11-12H2,1-3H3,(H2,18,19,20). The number of rotatable bonds is 6. The number of hydrogen-bond donors (Lipinski definition) is 2. The van der Waals surface area contributed by atoms with Gasteiger partial charge < -0.3 is 10.6 Å². The van der Waals surface area contributed by atoms with Gasteiger partial charge in [0.15, 0.2) is 5.96 Å². The summed E-state index contributed by atoms with van der Waals surface area (Å²) in [5.74, 6) is 0.623. The third kappa shape index (κ3) is 4.55. The average molecular weight is 346 g/mol. The van der Waals surface area contributed by atoms with Gasteiger partial charge in [0.2, 0.25) is 0 Å². The van der Waals surface area contributed by atoms with Crippen LogP contribution in [-0.4, -0.2) is 24.5 Å². The number of nitro groups is 1. The Morgan fingerprint density at radius 1 is 1.25 bits per heavy atom. The van der Waals surface area contributed by atoms with E-state index in [-0.39, 0.29) is 16.0 Å². The average Bonchev–Trinajstić information content (AvgIpc) is 3.10. The lowest BCUT2D eigenvalue weighted by molar-refractivity contribution is -0.385. The summed E-state index contributed by atoms with van der Waals surface area (Å²) in [6.45, 7) is 5.39. The zero-order valence-corrected chi connectivity index (χ0v) is 14.9. The van der Waals surface area contributed by atoms with Crippen LogP contribution in [0.3, 0.4) is 0 Å². The van der Waals surface area contributed by atoms with Gasteiger partial charge in [0.05, 0.1) is 4.92 Å². The lowest BCUT2D eigenvalue weighted by Crippen LogP contribution is -2.43. The normalized spacial score (nSPS) is 12.0. The summed E-state index contributed by atoms with van der Waals surface area (Å²) in [4.78, 5) is 16.2. The first-order chi connectivity index (χ1) is 11.4. The molecule has 0 unspecified atom stereocenters. The van der Waals surface area contributed by atoms with Gasteiger partial charge in [-0.3, -0.25) is 15.1 Å². The van der Waals surface area contributed by atoms with Crippen molar-refractivity contribution in [2.24, 2.45) is 4.99 Å². The molecule has 0 atom stereocenters. The highest BCUT2D eigenvalue weighted by molar-refractivity contribution is 7.10. The largest absolute Gasteiger partial charge is 0.356 e. The Labute approximate surface area is 145 Å². The molecule has 6 nitrogen and oxygen atoms in total. The maximum absolute atomic E-state index is 11.1. The molecule has 1 aromatic carbocycles. The molecule has 24 heavy (non-hydrogen) atoms. The van der Waals surface area contributed by atoms with Crippen molar-refractivity contribution in [3.05, 3.63) is 62.3 Å². The fraction of sp³-hybridized carbons (Fsp3) is 0.353. The van der Waals surface area contributed by atoms with Crippen molar-refractivity contribution >= 4 is 23.0 Å². The van der Waals surface area contributed by atoms with Crippen molar-refractivity contribution in [3.63, 3.8) is 0 Å². The summed E-state index contributed by atoms with van der Waals surface area (Å²) in [6.07, 6.45) is 0. The summed E-state index contributed by atoms with van der Waals surface area (Å²) < 4.78 is 0. The molecule has 128 valence electrons. The van der Waals surface area contributed by atoms with Crippen molar-refractivity contribution in [2.75, 3.05) is 13.6 Å². The predicted molar refractivity (Wildman–Crippen MR) is 98.6 cm³/mol. The lowest BCUT2D eigenvalue weighted by Gasteiger charge is -2.25. The van der Waals surface area contributed by atoms with Crippen LogP contribution >= 0.6 is 11.3 Å². The number of benzene rings is 1. The number of nitro benzene ring substituents is 1. The molecule has 0 saturated heterocycles. The fourth-order valence-electron chi connectivity index (χ4n) is 2.29. The van der Waals surface area contributed by atoms with Crippen LogP contribution in [0.2, 0.25) is 0 Å². The first-order valence-corrected chi connectivity index (χ1v) is 8.53. The number of para-hydroxylation sites is 1. The summed E-state index contributed by atoms with van der Waals surface area (Å²) in [7, 11) is 1.69. The van der Waals surface area contributed by atoms with E-state index in [1.54, 1.807) is 36.6 Å². The minimum absolute atomic E-state index is 0.0233. The summed E-state index contributed by atoms with van der Waals surface area (Å²) in [6, 6.07) is 10.9. The summed E-state index contributed by atoms with van der Waals surface area (Å²) >= 11 is 1.73. The highest BCUT2D eigenvalue weighted by Crippen LogP contribution is 2.26. The van der Waals surface area contributed by atoms with Gasteiger partial charge in [0, 0.05) is 42.1 Å². The molecule has 0 aliphatic rings. The SMILES string of the molecule is CN=C(NCc1ccccc1[N+](=O)[O-])NCC(C)(C)c1cccs1. The van der Waals surface area contributed by atoms with E-state index in [4.69, 9.17) is 0 Å². The zero-order chi connectivity index (χ0) is 17.6. The van der Waals surface area contributed by atoms with Crippen molar-refractivity contribution in [1.29, 1.82) is 0 Å². The molecule has 2 rings (SSSR count). The van der Waals surface area contributed by atoms with Gasteiger partial charge in [-0.1, -0.05) is 38.1 Å². The summed E-state index contributed by atoms with van der Waals surface area (Å²) in [5.41, 5.74) is 0.715. The molecule has 0 fully saturated rings. The van der Waals surface area contributed by atoms with Gasteiger partial charge in [0.1, 0.15) is 0 Å². The van der Waals surface area contributed by atoms with Gasteiger partial charge in [0.25, 0.3) is 5.69 Å². The van der Waals surface area contributed by atoms with Gasteiger partial charge in [-0.05, 0) is 11.4 Å². The Morgan fingerprint density at radius 2 is 2.00 bits per heavy atom. The topological polar surface area (TPSA) is 79.6 Å². The van der Waals surface area contributed by atoms with Crippen LogP contribution in [0.5, 0.6) is 0 Å². The molecule has 0 radical (unpaired) electrons. The van der Waals surface area contributed by atoms with E-state index in [1.165, 1.54) is 10.9 Å². The second-order valence-electron chi connectivity index (χ2n) is 6.03. The first kappa shape index (κ1) is 17.9. The number of guanidine groups is 1. The van der Waals surface area contributed by atoms with E-state index in [0.29, 0.717) is 24.6 Å². The molecule has 0 spiro atoms. The highest BCUT2D eigenvalue weighted by atomic mass is 32.1. The van der Waals surface area contributed by atoms with Crippen molar-refractivity contribution in [2.45, 2.75) is 25.8 Å². The highest BCUT2D eigenvalue weighted by Gasteiger charge is 2.22. The minimum atomic E-state index is -0.368. The number of aliphatic imine (C=N–C) groups is 1. The van der Waals surface area contributed by atoms with Crippen LogP contribution in [0.15, 0.2) is 46.8 Å². The molecule has 1 heterocycles. The third-order valence-electron chi connectivity index (χ3n) is 3.74. The van der Waals surface area contributed by atoms with Crippen LogP contribution in [0.4, 0.5) is 5.69 Å². The first-order valence-electron chi connectivity index (χ1n) is 7.65. The van der Waals surface area contributed by atoms with Gasteiger partial charge >= 0.3 is 0 Å². The maximum atomic E-state index is 11.1. The molecule has 0 bridgehead atoms. The number of thiophene rings is 1. The van der Waals surface area contributed by atoms with Crippen LogP contribution in [0.25, 0.3) is 0 Å². The van der Waals surface area contributed by atoms with Crippen LogP contribution in [0, 0.1) is 10.1 Å². The minimum Gasteiger partial charge on any atom is -0.356 e. The number of nitrogens with zero attached hydrogens (tertiary/aromatic N) is 2. The van der Waals surface area contributed by atoms with Crippen molar-refractivity contribution in [1.82, 2.24) is 10.6 Å². The zero-order valence-electron chi connectivity index (χ0n) is 14.1. The van der Waals surface area contributed by atoms with E-state index in [9.17, 15) is 10.1 Å². The molecule has 0 amide bonds. The van der Waals surface area contributed by atoms with E-state index < -0.39 is 0 Å². The Kier molecular flexibility index (Phi) is 5.92.